The molecule has 1 aliphatic carbocycles. The number of rotatable bonds is 0. The highest BCUT2D eigenvalue weighted by molar-refractivity contribution is 4.91. The lowest BCUT2D eigenvalue weighted by molar-refractivity contribution is 0.260. The van der Waals surface area contributed by atoms with Crippen LogP contribution >= 0.6 is 0 Å². The molecular formula is C7H12FN. The predicted octanol–water partition coefficient (Wildman–Crippen LogP) is 0.954. The zero-order chi connectivity index (χ0) is 6.27. The summed E-state index contributed by atoms with van der Waals surface area (Å²) in [6, 6.07) is 0. The van der Waals surface area contributed by atoms with E-state index in [1.54, 1.807) is 0 Å². The van der Waals surface area contributed by atoms with Crippen molar-refractivity contribution < 1.29 is 4.39 Å². The van der Waals surface area contributed by atoms with Gasteiger partial charge in [-0.25, -0.2) is 4.39 Å². The Bertz CT molecular complexity index is 115. The van der Waals surface area contributed by atoms with Crippen LogP contribution in [-0.2, 0) is 0 Å². The second kappa shape index (κ2) is 1.94. The Balaban J connectivity index is 2.07. The van der Waals surface area contributed by atoms with Gasteiger partial charge >= 0.3 is 0 Å². The van der Waals surface area contributed by atoms with Crippen molar-refractivity contribution in [2.75, 3.05) is 13.1 Å². The van der Waals surface area contributed by atoms with Crippen molar-refractivity contribution in [3.05, 3.63) is 0 Å². The van der Waals surface area contributed by atoms with Crippen LogP contribution in [0.1, 0.15) is 12.8 Å². The van der Waals surface area contributed by atoms with Crippen molar-refractivity contribution in [3.63, 3.8) is 0 Å². The van der Waals surface area contributed by atoms with Crippen LogP contribution in [0, 0.1) is 11.8 Å². The summed E-state index contributed by atoms with van der Waals surface area (Å²) in [6.45, 7) is 1.98. The molecular weight excluding hydrogens is 117 g/mol. The molecule has 0 aromatic carbocycles. The molecule has 1 N–H and O–H groups in total. The third kappa shape index (κ3) is 0.767. The molecule has 0 unspecified atom stereocenters. The molecule has 1 heterocycles. The van der Waals surface area contributed by atoms with E-state index in [1.165, 1.54) is 0 Å². The number of fused-ring (bicyclic) bond motifs is 1. The van der Waals surface area contributed by atoms with Gasteiger partial charge in [-0.3, -0.25) is 0 Å². The monoisotopic (exact) mass is 129 g/mol. The van der Waals surface area contributed by atoms with Gasteiger partial charge in [0.15, 0.2) is 0 Å². The van der Waals surface area contributed by atoms with E-state index in [9.17, 15) is 4.39 Å². The molecule has 2 rings (SSSR count). The summed E-state index contributed by atoms with van der Waals surface area (Å²) in [4.78, 5) is 0. The fraction of sp³-hybridized carbons (Fsp3) is 1.00. The molecule has 1 saturated carbocycles. The molecule has 52 valence electrons. The Labute approximate surface area is 54.6 Å². The van der Waals surface area contributed by atoms with E-state index in [4.69, 9.17) is 0 Å². The molecule has 1 aliphatic heterocycles. The lowest BCUT2D eigenvalue weighted by Gasteiger charge is -2.07. The third-order valence-corrected chi connectivity index (χ3v) is 2.67. The summed E-state index contributed by atoms with van der Waals surface area (Å²) in [5.41, 5.74) is 0. The third-order valence-electron chi connectivity index (χ3n) is 2.67. The first-order valence-electron chi connectivity index (χ1n) is 3.72. The molecule has 0 aromatic rings. The van der Waals surface area contributed by atoms with Crippen molar-refractivity contribution in [1.29, 1.82) is 0 Å². The highest BCUT2D eigenvalue weighted by Gasteiger charge is 2.38. The summed E-state index contributed by atoms with van der Waals surface area (Å²) in [6.07, 6.45) is 1.43. The predicted molar refractivity (Wildman–Crippen MR) is 34.0 cm³/mol. The molecule has 0 radical (unpaired) electrons. The second-order valence-corrected chi connectivity index (χ2v) is 3.18. The van der Waals surface area contributed by atoms with Gasteiger partial charge in [-0.15, -0.1) is 0 Å². The van der Waals surface area contributed by atoms with E-state index < -0.39 is 6.17 Å². The fourth-order valence-electron chi connectivity index (χ4n) is 2.08. The SMILES string of the molecule is F[C@H]1CC[C@@H]2CNC[C@H]21. The Morgan fingerprint density at radius 3 is 2.89 bits per heavy atom. The van der Waals surface area contributed by atoms with Gasteiger partial charge in [-0.05, 0) is 25.3 Å². The minimum absolute atomic E-state index is 0.366. The van der Waals surface area contributed by atoms with Crippen LogP contribution in [0.5, 0.6) is 0 Å². The molecule has 1 saturated heterocycles. The number of hydrogen-bond acceptors (Lipinski definition) is 1. The highest BCUT2D eigenvalue weighted by Crippen LogP contribution is 2.36. The van der Waals surface area contributed by atoms with Gasteiger partial charge in [0, 0.05) is 12.5 Å². The van der Waals surface area contributed by atoms with E-state index in [1.807, 2.05) is 0 Å². The standard InChI is InChI=1S/C7H12FN/c8-7-2-1-5-3-9-4-6(5)7/h5-7,9H,1-4H2/t5-,6-,7+/m1/s1. The second-order valence-electron chi connectivity index (χ2n) is 3.18. The van der Waals surface area contributed by atoms with Crippen LogP contribution in [0.2, 0.25) is 0 Å². The highest BCUT2D eigenvalue weighted by atomic mass is 19.1. The molecule has 2 heteroatoms. The Morgan fingerprint density at radius 2 is 2.11 bits per heavy atom. The molecule has 0 bridgehead atoms. The molecule has 2 aliphatic rings. The van der Waals surface area contributed by atoms with Gasteiger partial charge in [-0.1, -0.05) is 0 Å². The van der Waals surface area contributed by atoms with Crippen LogP contribution in [0.4, 0.5) is 4.39 Å². The Kier molecular flexibility index (Phi) is 1.22. The number of halogens is 1. The average Bonchev–Trinajstić information content (AvgIpc) is 2.35. The molecule has 1 nitrogen and oxygen atoms in total. The molecule has 0 spiro atoms. The minimum atomic E-state index is -0.495. The van der Waals surface area contributed by atoms with Crippen LogP contribution in [-0.4, -0.2) is 19.3 Å². The van der Waals surface area contributed by atoms with Gasteiger partial charge < -0.3 is 5.32 Å². The zero-order valence-corrected chi connectivity index (χ0v) is 5.44. The quantitative estimate of drug-likeness (QED) is 0.513. The van der Waals surface area contributed by atoms with Gasteiger partial charge in [0.25, 0.3) is 0 Å². The maximum atomic E-state index is 12.8. The minimum Gasteiger partial charge on any atom is -0.316 e. The van der Waals surface area contributed by atoms with Crippen molar-refractivity contribution >= 4 is 0 Å². The number of nitrogens with one attached hydrogen (secondary N) is 1. The molecule has 9 heavy (non-hydrogen) atoms. The Morgan fingerprint density at radius 1 is 1.22 bits per heavy atom. The molecule has 2 fully saturated rings. The summed E-state index contributed by atoms with van der Waals surface area (Å²) >= 11 is 0. The summed E-state index contributed by atoms with van der Waals surface area (Å²) in [5, 5.41) is 3.21. The maximum Gasteiger partial charge on any atom is 0.104 e. The Hall–Kier alpha value is -0.110. The van der Waals surface area contributed by atoms with E-state index in [-0.39, 0.29) is 0 Å². The van der Waals surface area contributed by atoms with Crippen molar-refractivity contribution in [2.45, 2.75) is 19.0 Å². The fourth-order valence-corrected chi connectivity index (χ4v) is 2.08. The van der Waals surface area contributed by atoms with E-state index in [0.29, 0.717) is 11.8 Å². The van der Waals surface area contributed by atoms with Gasteiger partial charge in [0.05, 0.1) is 0 Å². The molecule has 0 amide bonds. The number of hydrogen-bond donors (Lipinski definition) is 1. The first kappa shape index (κ1) is 5.66. The summed E-state index contributed by atoms with van der Waals surface area (Å²) in [7, 11) is 0. The maximum absolute atomic E-state index is 12.8. The van der Waals surface area contributed by atoms with Crippen LogP contribution in [0.25, 0.3) is 0 Å². The normalized spacial score (nSPS) is 49.7. The van der Waals surface area contributed by atoms with Crippen molar-refractivity contribution in [2.24, 2.45) is 11.8 Å². The molecule has 0 aromatic heterocycles. The van der Waals surface area contributed by atoms with Gasteiger partial charge in [0.2, 0.25) is 0 Å². The van der Waals surface area contributed by atoms with Gasteiger partial charge in [0.1, 0.15) is 6.17 Å². The zero-order valence-electron chi connectivity index (χ0n) is 5.44. The van der Waals surface area contributed by atoms with E-state index in [2.05, 4.69) is 5.32 Å². The van der Waals surface area contributed by atoms with E-state index in [0.717, 1.165) is 25.9 Å². The topological polar surface area (TPSA) is 12.0 Å². The van der Waals surface area contributed by atoms with Crippen LogP contribution in [0.15, 0.2) is 0 Å². The summed E-state index contributed by atoms with van der Waals surface area (Å²) in [5.74, 6) is 1.03. The lowest BCUT2D eigenvalue weighted by Crippen LogP contribution is -2.16. The number of alkyl halides is 1. The van der Waals surface area contributed by atoms with Crippen LogP contribution < -0.4 is 5.32 Å². The van der Waals surface area contributed by atoms with Gasteiger partial charge in [-0.2, -0.15) is 0 Å². The van der Waals surface area contributed by atoms with E-state index >= 15 is 0 Å². The largest absolute Gasteiger partial charge is 0.316 e. The van der Waals surface area contributed by atoms with Crippen LogP contribution in [0.3, 0.4) is 0 Å². The first-order valence-corrected chi connectivity index (χ1v) is 3.72. The van der Waals surface area contributed by atoms with Crippen molar-refractivity contribution in [1.82, 2.24) is 5.32 Å². The molecule has 3 atom stereocenters. The van der Waals surface area contributed by atoms with Crippen molar-refractivity contribution in [3.8, 4) is 0 Å². The summed E-state index contributed by atoms with van der Waals surface area (Å²) < 4.78 is 12.8. The lowest BCUT2D eigenvalue weighted by atomic mass is 10.0. The average molecular weight is 129 g/mol. The smallest absolute Gasteiger partial charge is 0.104 e. The first-order chi connectivity index (χ1) is 4.38.